The molecular weight excluding hydrogens is 388 g/mol. The van der Waals surface area contributed by atoms with Crippen molar-refractivity contribution >= 4 is 23.4 Å². The zero-order chi connectivity index (χ0) is 21.5. The van der Waals surface area contributed by atoms with Gasteiger partial charge in [0.25, 0.3) is 17.7 Å². The molecule has 0 aliphatic carbocycles. The van der Waals surface area contributed by atoms with Crippen LogP contribution in [0.5, 0.6) is 11.5 Å². The second-order valence-electron chi connectivity index (χ2n) is 7.13. The maximum Gasteiger partial charge on any atom is 0.293 e. The van der Waals surface area contributed by atoms with Crippen LogP contribution in [0.3, 0.4) is 0 Å². The summed E-state index contributed by atoms with van der Waals surface area (Å²) in [5.74, 6) is -0.118. The molecule has 0 spiro atoms. The van der Waals surface area contributed by atoms with Gasteiger partial charge in [0.1, 0.15) is 6.61 Å². The number of fused-ring (bicyclic) bond motifs is 1. The first-order valence-electron chi connectivity index (χ1n) is 9.55. The molecular formula is C21H25N4O5+. The Kier molecular flexibility index (Phi) is 6.87. The molecule has 1 unspecified atom stereocenters. The van der Waals surface area contributed by atoms with Crippen LogP contribution in [-0.4, -0.2) is 50.6 Å². The molecule has 0 aromatic heterocycles. The second kappa shape index (κ2) is 9.75. The number of hydrogen-bond donors (Lipinski definition) is 4. The number of aryl methyl sites for hydroxylation is 1. The highest BCUT2D eigenvalue weighted by molar-refractivity contribution is 5.91. The number of anilines is 1. The van der Waals surface area contributed by atoms with E-state index < -0.39 is 17.9 Å². The van der Waals surface area contributed by atoms with Crippen LogP contribution in [0.4, 0.5) is 5.69 Å². The number of hydrazine groups is 1. The Morgan fingerprint density at radius 2 is 1.63 bits per heavy atom. The van der Waals surface area contributed by atoms with Gasteiger partial charge in [-0.05, 0) is 31.2 Å². The maximum atomic E-state index is 12.2. The molecule has 0 bridgehead atoms. The van der Waals surface area contributed by atoms with Crippen LogP contribution in [0.2, 0.25) is 0 Å². The molecule has 158 valence electrons. The predicted octanol–water partition coefficient (Wildman–Crippen LogP) is -0.564. The Morgan fingerprint density at radius 3 is 2.37 bits per heavy atom. The number of amides is 3. The predicted molar refractivity (Wildman–Crippen MR) is 109 cm³/mol. The van der Waals surface area contributed by atoms with Crippen molar-refractivity contribution < 1.29 is 28.8 Å². The minimum absolute atomic E-state index is 0.00640. The lowest BCUT2D eigenvalue weighted by Gasteiger charge is -2.25. The highest BCUT2D eigenvalue weighted by Gasteiger charge is 2.27. The van der Waals surface area contributed by atoms with Crippen molar-refractivity contribution in [3.05, 3.63) is 54.1 Å². The smallest absolute Gasteiger partial charge is 0.293 e. The quantitative estimate of drug-likeness (QED) is 0.475. The van der Waals surface area contributed by atoms with Crippen molar-refractivity contribution in [2.75, 3.05) is 32.1 Å². The van der Waals surface area contributed by atoms with Gasteiger partial charge in [-0.1, -0.05) is 29.8 Å². The van der Waals surface area contributed by atoms with E-state index in [1.54, 1.807) is 25.2 Å². The number of para-hydroxylation sites is 2. The Bertz CT molecular complexity index is 916. The summed E-state index contributed by atoms with van der Waals surface area (Å²) < 4.78 is 11.1. The molecule has 4 N–H and O–H groups in total. The number of likely N-dealkylation sites (N-methyl/N-ethyl adjacent to an activating group) is 1. The average molecular weight is 413 g/mol. The van der Waals surface area contributed by atoms with Gasteiger partial charge >= 0.3 is 0 Å². The summed E-state index contributed by atoms with van der Waals surface area (Å²) in [6.07, 6.45) is -0.870. The van der Waals surface area contributed by atoms with Crippen LogP contribution < -0.4 is 30.5 Å². The molecule has 30 heavy (non-hydrogen) atoms. The van der Waals surface area contributed by atoms with Gasteiger partial charge in [-0.3, -0.25) is 25.2 Å². The van der Waals surface area contributed by atoms with Crippen LogP contribution in [-0.2, 0) is 14.4 Å². The topological polar surface area (TPSA) is 110 Å². The lowest BCUT2D eigenvalue weighted by atomic mass is 10.2. The van der Waals surface area contributed by atoms with Crippen molar-refractivity contribution in [1.82, 2.24) is 10.9 Å². The van der Waals surface area contributed by atoms with Crippen molar-refractivity contribution in [2.45, 2.75) is 13.0 Å². The van der Waals surface area contributed by atoms with Gasteiger partial charge < -0.3 is 19.7 Å². The van der Waals surface area contributed by atoms with Gasteiger partial charge in [0, 0.05) is 5.69 Å². The van der Waals surface area contributed by atoms with Crippen molar-refractivity contribution in [3.8, 4) is 11.5 Å². The second-order valence-corrected chi connectivity index (χ2v) is 7.13. The van der Waals surface area contributed by atoms with Crippen molar-refractivity contribution in [3.63, 3.8) is 0 Å². The Hall–Kier alpha value is -3.59. The Morgan fingerprint density at radius 1 is 0.967 bits per heavy atom. The van der Waals surface area contributed by atoms with Crippen LogP contribution in [0.15, 0.2) is 48.5 Å². The fraction of sp³-hybridized carbons (Fsp3) is 0.286. The number of ether oxygens (including phenoxy) is 2. The number of carbonyl (C=O) groups excluding carboxylic acids is 3. The van der Waals surface area contributed by atoms with Gasteiger partial charge in [-0.15, -0.1) is 0 Å². The number of nitrogens with one attached hydrogen (secondary N) is 4. The normalized spacial score (nSPS) is 15.6. The van der Waals surface area contributed by atoms with E-state index >= 15 is 0 Å². The van der Waals surface area contributed by atoms with Crippen LogP contribution in [0.25, 0.3) is 0 Å². The van der Waals surface area contributed by atoms with Gasteiger partial charge in [0.05, 0.1) is 7.05 Å². The molecule has 3 rings (SSSR count). The highest BCUT2D eigenvalue weighted by Crippen LogP contribution is 2.30. The zero-order valence-corrected chi connectivity index (χ0v) is 16.9. The first kappa shape index (κ1) is 21.1. The summed E-state index contributed by atoms with van der Waals surface area (Å²) in [5.41, 5.74) is 6.47. The standard InChI is InChI=1S/C21H24N4O5/c1-14-7-9-15(10-8-14)22-19(26)11-25(2)12-20(27)23-24-21(28)18-13-29-16-5-3-4-6-17(16)30-18/h3-10,18H,11-13H2,1-2H3,(H,22,26)(H,23,27)(H,24,28)/p+1/t18-/m0/s1. The maximum absolute atomic E-state index is 12.2. The molecule has 0 radical (unpaired) electrons. The molecule has 9 heteroatoms. The van der Waals surface area contributed by atoms with Crippen molar-refractivity contribution in [2.24, 2.45) is 0 Å². The third kappa shape index (κ3) is 5.95. The van der Waals surface area contributed by atoms with Crippen LogP contribution >= 0.6 is 0 Å². The summed E-state index contributed by atoms with van der Waals surface area (Å²) in [4.78, 5) is 37.0. The molecule has 0 saturated heterocycles. The molecule has 2 aromatic rings. The van der Waals surface area contributed by atoms with E-state index in [1.807, 2.05) is 37.3 Å². The Balaban J connectivity index is 1.38. The van der Waals surface area contributed by atoms with Crippen LogP contribution in [0.1, 0.15) is 5.56 Å². The molecule has 3 amide bonds. The number of carbonyl (C=O) groups is 3. The fourth-order valence-corrected chi connectivity index (χ4v) is 2.86. The molecule has 0 fully saturated rings. The van der Waals surface area contributed by atoms with Gasteiger partial charge in [0.15, 0.2) is 24.6 Å². The molecule has 2 aromatic carbocycles. The minimum Gasteiger partial charge on any atom is -0.485 e. The van der Waals surface area contributed by atoms with Gasteiger partial charge in [-0.2, -0.15) is 0 Å². The monoisotopic (exact) mass is 413 g/mol. The van der Waals surface area contributed by atoms with E-state index in [9.17, 15) is 14.4 Å². The van der Waals surface area contributed by atoms with E-state index in [0.717, 1.165) is 5.56 Å². The molecule has 1 aliphatic heterocycles. The van der Waals surface area contributed by atoms with E-state index in [0.29, 0.717) is 22.1 Å². The SMILES string of the molecule is Cc1ccc(NC(=O)C[NH+](C)CC(=O)NNC(=O)[C@@H]2COc3ccccc3O2)cc1. The van der Waals surface area contributed by atoms with E-state index in [1.165, 1.54) is 0 Å². The summed E-state index contributed by atoms with van der Waals surface area (Å²) >= 11 is 0. The van der Waals surface area contributed by atoms with Crippen LogP contribution in [0, 0.1) is 6.92 Å². The molecule has 1 aliphatic rings. The molecule has 1 heterocycles. The first-order chi connectivity index (χ1) is 14.4. The van der Waals surface area contributed by atoms with Crippen molar-refractivity contribution in [1.29, 1.82) is 0 Å². The number of hydrogen-bond acceptors (Lipinski definition) is 5. The summed E-state index contributed by atoms with van der Waals surface area (Å²) in [5, 5.41) is 2.78. The summed E-state index contributed by atoms with van der Waals surface area (Å²) in [6, 6.07) is 14.5. The first-order valence-corrected chi connectivity index (χ1v) is 9.55. The lowest BCUT2D eigenvalue weighted by molar-refractivity contribution is -0.862. The van der Waals surface area contributed by atoms with E-state index in [-0.39, 0.29) is 25.6 Å². The highest BCUT2D eigenvalue weighted by atomic mass is 16.6. The lowest BCUT2D eigenvalue weighted by Crippen LogP contribution is -3.11. The third-order valence-corrected chi connectivity index (χ3v) is 4.39. The largest absolute Gasteiger partial charge is 0.485 e. The Labute approximate surface area is 174 Å². The zero-order valence-electron chi connectivity index (χ0n) is 16.9. The van der Waals surface area contributed by atoms with E-state index in [2.05, 4.69) is 16.2 Å². The van der Waals surface area contributed by atoms with Gasteiger partial charge in [-0.25, -0.2) is 0 Å². The molecule has 2 atom stereocenters. The summed E-state index contributed by atoms with van der Waals surface area (Å²) in [7, 11) is 1.71. The van der Waals surface area contributed by atoms with E-state index in [4.69, 9.17) is 9.47 Å². The minimum atomic E-state index is -0.870. The third-order valence-electron chi connectivity index (χ3n) is 4.39. The van der Waals surface area contributed by atoms with Gasteiger partial charge in [0.2, 0.25) is 6.10 Å². The number of benzene rings is 2. The molecule has 9 nitrogen and oxygen atoms in total. The number of quaternary nitrogens is 1. The average Bonchev–Trinajstić information content (AvgIpc) is 2.73. The summed E-state index contributed by atoms with van der Waals surface area (Å²) in [6.45, 7) is 2.12. The molecule has 0 saturated carbocycles. The fourth-order valence-electron chi connectivity index (χ4n) is 2.86. The number of rotatable bonds is 6.